The van der Waals surface area contributed by atoms with Crippen LogP contribution >= 0.6 is 0 Å². The third-order valence-electron chi connectivity index (χ3n) is 3.25. The van der Waals surface area contributed by atoms with Crippen LogP contribution in [0.5, 0.6) is 0 Å². The topological polar surface area (TPSA) is 92.4 Å². The van der Waals surface area contributed by atoms with Crippen LogP contribution in [0.2, 0.25) is 0 Å². The molecule has 4 N–H and O–H groups in total. The minimum atomic E-state index is -0.755. The lowest BCUT2D eigenvalue weighted by Crippen LogP contribution is -2.41. The number of rotatable bonds is 11. The summed E-state index contributed by atoms with van der Waals surface area (Å²) in [7, 11) is 0. The molecule has 2 atom stereocenters. The first-order valence-electron chi connectivity index (χ1n) is 7.26. The lowest BCUT2D eigenvalue weighted by Gasteiger charge is -2.16. The van der Waals surface area contributed by atoms with Crippen LogP contribution in [0.1, 0.15) is 58.8 Å². The number of carboxylic acids is 1. The largest absolute Gasteiger partial charge is 0.481 e. The summed E-state index contributed by atoms with van der Waals surface area (Å²) in [6, 6.07) is -0.423. The summed E-state index contributed by atoms with van der Waals surface area (Å²) in [6.45, 7) is 4.67. The van der Waals surface area contributed by atoms with Crippen LogP contribution in [-0.2, 0) is 9.59 Å². The van der Waals surface area contributed by atoms with E-state index in [0.29, 0.717) is 25.3 Å². The number of hydrogen-bond acceptors (Lipinski definition) is 3. The van der Waals surface area contributed by atoms with Gasteiger partial charge in [0, 0.05) is 13.0 Å². The molecule has 0 heterocycles. The SMILES string of the molecule is CCCC(CCNC(=O)C(N)CCC)CCC(=O)O. The average molecular weight is 272 g/mol. The van der Waals surface area contributed by atoms with Crippen LogP contribution < -0.4 is 11.1 Å². The molecule has 0 radical (unpaired) electrons. The van der Waals surface area contributed by atoms with Crippen molar-refractivity contribution in [2.75, 3.05) is 6.54 Å². The molecular weight excluding hydrogens is 244 g/mol. The van der Waals surface area contributed by atoms with E-state index < -0.39 is 12.0 Å². The van der Waals surface area contributed by atoms with Crippen molar-refractivity contribution < 1.29 is 14.7 Å². The minimum absolute atomic E-state index is 0.102. The van der Waals surface area contributed by atoms with E-state index >= 15 is 0 Å². The third kappa shape index (κ3) is 9.47. The van der Waals surface area contributed by atoms with Gasteiger partial charge in [0.15, 0.2) is 0 Å². The highest BCUT2D eigenvalue weighted by atomic mass is 16.4. The van der Waals surface area contributed by atoms with Crippen LogP contribution in [0.4, 0.5) is 0 Å². The maximum atomic E-state index is 11.6. The third-order valence-corrected chi connectivity index (χ3v) is 3.25. The Morgan fingerprint density at radius 1 is 1.11 bits per heavy atom. The quantitative estimate of drug-likeness (QED) is 0.535. The molecule has 0 fully saturated rings. The molecule has 0 saturated heterocycles. The molecule has 0 aromatic rings. The Morgan fingerprint density at radius 3 is 2.26 bits per heavy atom. The van der Waals surface area contributed by atoms with Crippen molar-refractivity contribution >= 4 is 11.9 Å². The zero-order valence-corrected chi connectivity index (χ0v) is 12.2. The fraction of sp³-hybridized carbons (Fsp3) is 0.857. The van der Waals surface area contributed by atoms with Crippen LogP contribution in [-0.4, -0.2) is 29.6 Å². The van der Waals surface area contributed by atoms with E-state index in [9.17, 15) is 9.59 Å². The van der Waals surface area contributed by atoms with Crippen molar-refractivity contribution in [3.8, 4) is 0 Å². The smallest absolute Gasteiger partial charge is 0.303 e. The Morgan fingerprint density at radius 2 is 1.74 bits per heavy atom. The summed E-state index contributed by atoms with van der Waals surface area (Å²) in [5.41, 5.74) is 5.71. The van der Waals surface area contributed by atoms with Gasteiger partial charge in [-0.3, -0.25) is 9.59 Å². The summed E-state index contributed by atoms with van der Waals surface area (Å²) < 4.78 is 0. The normalized spacial score (nSPS) is 13.8. The molecular formula is C14H28N2O3. The molecule has 1 amide bonds. The van der Waals surface area contributed by atoms with Gasteiger partial charge in [-0.05, 0) is 25.2 Å². The molecule has 0 rings (SSSR count). The van der Waals surface area contributed by atoms with E-state index in [2.05, 4.69) is 12.2 Å². The number of amides is 1. The number of nitrogens with two attached hydrogens (primary N) is 1. The number of nitrogens with one attached hydrogen (secondary N) is 1. The van der Waals surface area contributed by atoms with E-state index in [0.717, 1.165) is 25.7 Å². The molecule has 5 heteroatoms. The fourth-order valence-electron chi connectivity index (χ4n) is 2.14. The molecule has 0 aromatic heterocycles. The zero-order valence-electron chi connectivity index (χ0n) is 12.2. The Labute approximate surface area is 115 Å². The second-order valence-electron chi connectivity index (χ2n) is 5.06. The van der Waals surface area contributed by atoms with E-state index in [-0.39, 0.29) is 12.3 Å². The van der Waals surface area contributed by atoms with Gasteiger partial charge in [0.25, 0.3) is 0 Å². The Kier molecular flexibility index (Phi) is 10.2. The molecule has 0 bridgehead atoms. The van der Waals surface area contributed by atoms with Gasteiger partial charge < -0.3 is 16.2 Å². The van der Waals surface area contributed by atoms with E-state index in [1.165, 1.54) is 0 Å². The molecule has 0 saturated carbocycles. The van der Waals surface area contributed by atoms with Gasteiger partial charge in [-0.15, -0.1) is 0 Å². The molecule has 0 aromatic carbocycles. The van der Waals surface area contributed by atoms with Gasteiger partial charge in [-0.2, -0.15) is 0 Å². The summed E-state index contributed by atoms with van der Waals surface area (Å²) >= 11 is 0. The molecule has 19 heavy (non-hydrogen) atoms. The lowest BCUT2D eigenvalue weighted by atomic mass is 9.94. The first kappa shape index (κ1) is 17.9. The van der Waals surface area contributed by atoms with Gasteiger partial charge in [0.05, 0.1) is 6.04 Å². The number of carbonyl (C=O) groups excluding carboxylic acids is 1. The van der Waals surface area contributed by atoms with E-state index in [1.54, 1.807) is 0 Å². The monoisotopic (exact) mass is 272 g/mol. The highest BCUT2D eigenvalue weighted by molar-refractivity contribution is 5.81. The summed E-state index contributed by atoms with van der Waals surface area (Å²) in [6.07, 6.45) is 5.34. The van der Waals surface area contributed by atoms with Crippen LogP contribution in [0, 0.1) is 5.92 Å². The van der Waals surface area contributed by atoms with Crippen molar-refractivity contribution in [3.63, 3.8) is 0 Å². The average Bonchev–Trinajstić information content (AvgIpc) is 2.35. The van der Waals surface area contributed by atoms with Crippen molar-refractivity contribution in [2.24, 2.45) is 11.7 Å². The van der Waals surface area contributed by atoms with Gasteiger partial charge in [-0.25, -0.2) is 0 Å². The summed E-state index contributed by atoms with van der Waals surface area (Å²) in [5.74, 6) is -0.491. The number of hydrogen-bond donors (Lipinski definition) is 3. The van der Waals surface area contributed by atoms with Crippen LogP contribution in [0.15, 0.2) is 0 Å². The van der Waals surface area contributed by atoms with Gasteiger partial charge in [0.1, 0.15) is 0 Å². The number of aliphatic carboxylic acids is 1. The van der Waals surface area contributed by atoms with E-state index in [1.807, 2.05) is 6.92 Å². The number of carbonyl (C=O) groups is 2. The maximum absolute atomic E-state index is 11.6. The second kappa shape index (κ2) is 10.8. The van der Waals surface area contributed by atoms with Crippen molar-refractivity contribution in [1.82, 2.24) is 5.32 Å². The molecule has 0 aliphatic rings. The fourth-order valence-corrected chi connectivity index (χ4v) is 2.14. The summed E-state index contributed by atoms with van der Waals surface area (Å²) in [4.78, 5) is 22.2. The Bertz CT molecular complexity index is 269. The molecule has 0 spiro atoms. The Balaban J connectivity index is 3.90. The van der Waals surface area contributed by atoms with Gasteiger partial charge in [0.2, 0.25) is 5.91 Å². The van der Waals surface area contributed by atoms with Gasteiger partial charge in [-0.1, -0.05) is 33.1 Å². The first-order valence-corrected chi connectivity index (χ1v) is 7.26. The van der Waals surface area contributed by atoms with E-state index in [4.69, 9.17) is 10.8 Å². The van der Waals surface area contributed by atoms with Gasteiger partial charge >= 0.3 is 5.97 Å². The minimum Gasteiger partial charge on any atom is -0.481 e. The standard InChI is InChI=1S/C14H28N2O3/c1-3-5-11(7-8-13(17)18)9-10-16-14(19)12(15)6-4-2/h11-12H,3-10,15H2,1-2H3,(H,16,19)(H,17,18). The number of carboxylic acid groups (broad SMARTS) is 1. The Hall–Kier alpha value is -1.10. The van der Waals surface area contributed by atoms with Crippen molar-refractivity contribution in [2.45, 2.75) is 64.8 Å². The zero-order chi connectivity index (χ0) is 14.7. The van der Waals surface area contributed by atoms with Crippen LogP contribution in [0.25, 0.3) is 0 Å². The highest BCUT2D eigenvalue weighted by Crippen LogP contribution is 2.17. The molecule has 0 aliphatic carbocycles. The molecule has 0 aliphatic heterocycles. The van der Waals surface area contributed by atoms with Crippen LogP contribution in [0.3, 0.4) is 0 Å². The maximum Gasteiger partial charge on any atom is 0.303 e. The van der Waals surface area contributed by atoms with Crippen molar-refractivity contribution in [1.29, 1.82) is 0 Å². The first-order chi connectivity index (χ1) is 9.01. The summed E-state index contributed by atoms with van der Waals surface area (Å²) in [5, 5.41) is 11.5. The predicted molar refractivity (Wildman–Crippen MR) is 75.8 cm³/mol. The lowest BCUT2D eigenvalue weighted by molar-refractivity contribution is -0.137. The molecule has 5 nitrogen and oxygen atoms in total. The highest BCUT2D eigenvalue weighted by Gasteiger charge is 2.14. The molecule has 2 unspecified atom stereocenters. The molecule has 112 valence electrons. The second-order valence-corrected chi connectivity index (χ2v) is 5.06. The van der Waals surface area contributed by atoms with Crippen molar-refractivity contribution in [3.05, 3.63) is 0 Å². The predicted octanol–water partition coefficient (Wildman–Crippen LogP) is 1.90.